The highest BCUT2D eigenvalue weighted by Crippen LogP contribution is 2.28. The maximum absolute atomic E-state index is 12.1. The number of nitrogens with one attached hydrogen (secondary N) is 1. The van der Waals surface area contributed by atoms with Crippen LogP contribution in [0.15, 0.2) is 54.9 Å². The molecule has 1 amide bonds. The Morgan fingerprint density at radius 2 is 2.05 bits per heavy atom. The fraction of sp³-hybridized carbons (Fsp3) is 0.125. The topological polar surface area (TPSA) is 67.2 Å². The predicted octanol–water partition coefficient (Wildman–Crippen LogP) is 2.17. The zero-order valence-corrected chi connectivity index (χ0v) is 11.4. The Bertz CT molecular complexity index is 766. The molecule has 2 aromatic carbocycles. The number of carbonyl (C=O) groups excluding carboxylic acids is 1. The summed E-state index contributed by atoms with van der Waals surface area (Å²) in [5, 5.41) is 18.7. The van der Waals surface area contributed by atoms with Crippen LogP contribution in [0.3, 0.4) is 0 Å². The normalized spacial score (nSPS) is 10.7. The number of aromatic hydroxyl groups is 1. The molecule has 5 nitrogen and oxygen atoms in total. The lowest BCUT2D eigenvalue weighted by atomic mass is 10.0. The lowest BCUT2D eigenvalue weighted by Crippen LogP contribution is -2.27. The zero-order valence-electron chi connectivity index (χ0n) is 11.4. The minimum Gasteiger partial charge on any atom is -0.506 e. The number of hydrogen-bond acceptors (Lipinski definition) is 3. The molecule has 2 N–H and O–H groups in total. The number of fused-ring (bicyclic) bond motifs is 1. The van der Waals surface area contributed by atoms with Crippen molar-refractivity contribution in [2.75, 3.05) is 6.54 Å². The quantitative estimate of drug-likeness (QED) is 0.770. The molecule has 3 aromatic rings. The molecular weight excluding hydrogens is 266 g/mol. The monoisotopic (exact) mass is 281 g/mol. The lowest BCUT2D eigenvalue weighted by molar-refractivity contribution is 0.0949. The van der Waals surface area contributed by atoms with Gasteiger partial charge in [0.15, 0.2) is 0 Å². The summed E-state index contributed by atoms with van der Waals surface area (Å²) in [6.45, 7) is 1.04. The molecule has 21 heavy (non-hydrogen) atoms. The number of amides is 1. The number of phenolic OH excluding ortho intramolecular Hbond substituents is 1. The van der Waals surface area contributed by atoms with Crippen LogP contribution >= 0.6 is 0 Å². The Labute approximate surface area is 121 Å². The molecule has 0 unspecified atom stereocenters. The van der Waals surface area contributed by atoms with Crippen molar-refractivity contribution in [3.8, 4) is 5.75 Å². The van der Waals surface area contributed by atoms with Gasteiger partial charge in [-0.2, -0.15) is 5.10 Å². The van der Waals surface area contributed by atoms with E-state index in [-0.39, 0.29) is 17.2 Å². The highest BCUT2D eigenvalue weighted by atomic mass is 16.3. The predicted molar refractivity (Wildman–Crippen MR) is 80.2 cm³/mol. The van der Waals surface area contributed by atoms with Crippen LogP contribution in [-0.4, -0.2) is 27.3 Å². The summed E-state index contributed by atoms with van der Waals surface area (Å²) in [5.41, 5.74) is 0.286. The van der Waals surface area contributed by atoms with Crippen molar-refractivity contribution in [3.05, 3.63) is 60.4 Å². The van der Waals surface area contributed by atoms with Gasteiger partial charge in [0.25, 0.3) is 5.91 Å². The average Bonchev–Trinajstić information content (AvgIpc) is 3.01. The van der Waals surface area contributed by atoms with Gasteiger partial charge < -0.3 is 10.4 Å². The molecule has 0 aliphatic heterocycles. The van der Waals surface area contributed by atoms with Crippen LogP contribution in [0.2, 0.25) is 0 Å². The van der Waals surface area contributed by atoms with Crippen LogP contribution < -0.4 is 5.32 Å². The maximum atomic E-state index is 12.1. The molecule has 106 valence electrons. The van der Waals surface area contributed by atoms with Crippen molar-refractivity contribution in [2.45, 2.75) is 6.54 Å². The summed E-state index contributed by atoms with van der Waals surface area (Å²) in [5.74, 6) is -0.268. The third kappa shape index (κ3) is 2.72. The first-order chi connectivity index (χ1) is 10.3. The Hall–Kier alpha value is -2.82. The van der Waals surface area contributed by atoms with Crippen molar-refractivity contribution in [1.82, 2.24) is 15.1 Å². The lowest BCUT2D eigenvalue weighted by Gasteiger charge is -2.09. The van der Waals surface area contributed by atoms with Gasteiger partial charge in [-0.05, 0) is 17.5 Å². The average molecular weight is 281 g/mol. The molecule has 5 heteroatoms. The standard InChI is InChI=1S/C16H15N3O2/c20-15-13-5-2-1-4-12(13)6-7-14(15)16(21)17-9-11-19-10-3-8-18-19/h1-8,10,20H,9,11H2,(H,17,21). The van der Waals surface area contributed by atoms with E-state index >= 15 is 0 Å². The largest absolute Gasteiger partial charge is 0.506 e. The molecule has 0 fully saturated rings. The summed E-state index contributed by atoms with van der Waals surface area (Å²) in [6.07, 6.45) is 3.52. The Balaban J connectivity index is 1.74. The highest BCUT2D eigenvalue weighted by molar-refractivity contribution is 6.03. The van der Waals surface area contributed by atoms with E-state index in [1.54, 1.807) is 23.0 Å². The summed E-state index contributed by atoms with van der Waals surface area (Å²) in [6, 6.07) is 12.7. The van der Waals surface area contributed by atoms with Gasteiger partial charge in [0, 0.05) is 24.3 Å². The number of phenols is 1. The first kappa shape index (κ1) is 13.2. The van der Waals surface area contributed by atoms with Gasteiger partial charge in [-0.3, -0.25) is 9.48 Å². The minimum atomic E-state index is -0.287. The van der Waals surface area contributed by atoms with Gasteiger partial charge >= 0.3 is 0 Å². The second-order valence-electron chi connectivity index (χ2n) is 4.71. The molecule has 0 aliphatic carbocycles. The third-order valence-corrected chi connectivity index (χ3v) is 3.33. The number of benzene rings is 2. The van der Waals surface area contributed by atoms with Gasteiger partial charge in [0.2, 0.25) is 0 Å². The number of nitrogens with zero attached hydrogens (tertiary/aromatic N) is 2. The number of rotatable bonds is 4. The van der Waals surface area contributed by atoms with Gasteiger partial charge in [-0.15, -0.1) is 0 Å². The molecule has 1 aromatic heterocycles. The molecule has 0 atom stereocenters. The molecular formula is C16H15N3O2. The van der Waals surface area contributed by atoms with Crippen molar-refractivity contribution < 1.29 is 9.90 Å². The van der Waals surface area contributed by atoms with Crippen LogP contribution in [0.4, 0.5) is 0 Å². The van der Waals surface area contributed by atoms with Crippen molar-refractivity contribution in [1.29, 1.82) is 0 Å². The summed E-state index contributed by atoms with van der Waals surface area (Å²) >= 11 is 0. The Kier molecular flexibility index (Phi) is 3.55. The molecule has 0 bridgehead atoms. The van der Waals surface area contributed by atoms with E-state index in [0.29, 0.717) is 18.5 Å². The van der Waals surface area contributed by atoms with E-state index in [9.17, 15) is 9.90 Å². The Morgan fingerprint density at radius 1 is 1.19 bits per heavy atom. The molecule has 0 saturated carbocycles. The van der Waals surface area contributed by atoms with Crippen LogP contribution in [0, 0.1) is 0 Å². The van der Waals surface area contributed by atoms with Gasteiger partial charge in [0.1, 0.15) is 5.75 Å². The second-order valence-corrected chi connectivity index (χ2v) is 4.71. The minimum absolute atomic E-state index is 0.0182. The summed E-state index contributed by atoms with van der Waals surface area (Å²) in [7, 11) is 0. The summed E-state index contributed by atoms with van der Waals surface area (Å²) in [4.78, 5) is 12.1. The first-order valence-electron chi connectivity index (χ1n) is 6.72. The summed E-state index contributed by atoms with van der Waals surface area (Å²) < 4.78 is 1.74. The van der Waals surface area contributed by atoms with E-state index in [1.165, 1.54) is 0 Å². The molecule has 3 rings (SSSR count). The molecule has 1 heterocycles. The third-order valence-electron chi connectivity index (χ3n) is 3.33. The van der Waals surface area contributed by atoms with Crippen LogP contribution in [0.25, 0.3) is 10.8 Å². The first-order valence-corrected chi connectivity index (χ1v) is 6.72. The van der Waals surface area contributed by atoms with Crippen molar-refractivity contribution in [2.24, 2.45) is 0 Å². The van der Waals surface area contributed by atoms with Gasteiger partial charge in [-0.25, -0.2) is 0 Å². The molecule has 0 spiro atoms. The fourth-order valence-electron chi connectivity index (χ4n) is 2.25. The fourth-order valence-corrected chi connectivity index (χ4v) is 2.25. The second kappa shape index (κ2) is 5.66. The highest BCUT2D eigenvalue weighted by Gasteiger charge is 2.13. The van der Waals surface area contributed by atoms with E-state index < -0.39 is 0 Å². The molecule has 0 aliphatic rings. The smallest absolute Gasteiger partial charge is 0.255 e. The van der Waals surface area contributed by atoms with E-state index in [0.717, 1.165) is 5.39 Å². The molecule has 0 saturated heterocycles. The zero-order chi connectivity index (χ0) is 14.7. The van der Waals surface area contributed by atoms with Crippen molar-refractivity contribution in [3.63, 3.8) is 0 Å². The van der Waals surface area contributed by atoms with Crippen LogP contribution in [-0.2, 0) is 6.54 Å². The van der Waals surface area contributed by atoms with Crippen LogP contribution in [0.1, 0.15) is 10.4 Å². The van der Waals surface area contributed by atoms with Crippen molar-refractivity contribution >= 4 is 16.7 Å². The number of hydrogen-bond donors (Lipinski definition) is 2. The molecule has 0 radical (unpaired) electrons. The van der Waals surface area contributed by atoms with Gasteiger partial charge in [0.05, 0.1) is 12.1 Å². The van der Waals surface area contributed by atoms with E-state index in [4.69, 9.17) is 0 Å². The maximum Gasteiger partial charge on any atom is 0.255 e. The van der Waals surface area contributed by atoms with Crippen LogP contribution in [0.5, 0.6) is 5.75 Å². The van der Waals surface area contributed by atoms with E-state index in [1.807, 2.05) is 36.5 Å². The number of carbonyl (C=O) groups is 1. The number of aromatic nitrogens is 2. The van der Waals surface area contributed by atoms with Gasteiger partial charge in [-0.1, -0.05) is 30.3 Å². The van der Waals surface area contributed by atoms with E-state index in [2.05, 4.69) is 10.4 Å². The Morgan fingerprint density at radius 3 is 2.86 bits per heavy atom. The SMILES string of the molecule is O=C(NCCn1cccn1)c1ccc2ccccc2c1O.